The lowest BCUT2D eigenvalue weighted by molar-refractivity contribution is -0.339. The molecule has 0 radical (unpaired) electrons. The lowest BCUT2D eigenvalue weighted by atomic mass is 9.83. The third-order valence-electron chi connectivity index (χ3n) is 5.19. The molecule has 11 heteroatoms. The van der Waals surface area contributed by atoms with Gasteiger partial charge < -0.3 is 44.5 Å². The quantitative estimate of drug-likeness (QED) is 0.318. The molecule has 2 heterocycles. The Morgan fingerprint density at radius 3 is 2.46 bits per heavy atom. The molecule has 0 amide bonds. The fraction of sp³-hybridized carbons (Fsp3) is 0.647. The number of ether oxygens (including phenoxy) is 4. The molecule has 0 bridgehead atoms. The van der Waals surface area contributed by atoms with Crippen molar-refractivity contribution in [3.05, 3.63) is 23.5 Å². The Hall–Kier alpha value is -2.02. The molecule has 0 saturated carbocycles. The van der Waals surface area contributed by atoms with E-state index in [1.54, 1.807) is 0 Å². The van der Waals surface area contributed by atoms with E-state index in [1.807, 2.05) is 0 Å². The molecule has 1 saturated heterocycles. The van der Waals surface area contributed by atoms with Crippen LogP contribution in [0.15, 0.2) is 23.5 Å². The maximum atomic E-state index is 12.1. The third kappa shape index (κ3) is 3.52. The van der Waals surface area contributed by atoms with Crippen LogP contribution in [0.4, 0.5) is 0 Å². The Bertz CT molecular complexity index is 685. The molecule has 0 spiro atoms. The molecule has 5 N–H and O–H groups in total. The second-order valence-electron chi connectivity index (χ2n) is 6.74. The zero-order valence-electron chi connectivity index (χ0n) is 14.9. The van der Waals surface area contributed by atoms with Crippen molar-refractivity contribution in [2.75, 3.05) is 13.7 Å². The standard InChI is InChI=1S/C17H22O11/c1-25-15(24)7-3-2-6-8(14(22)23)5-26-16(10(6)7)28-17-13(21)12(20)11(19)9(4-18)27-17/h3,5-6,9-13,16-21H,2,4H2,1H3,(H,22,23)/t6-,9-,10-,11+,12+,13+,16-,17+/m0/s1. The van der Waals surface area contributed by atoms with E-state index in [9.17, 15) is 35.1 Å². The molecule has 0 unspecified atom stereocenters. The number of carbonyl (C=O) groups excluding carboxylic acids is 1. The van der Waals surface area contributed by atoms with Crippen LogP contribution in [-0.4, -0.2) is 88.2 Å². The van der Waals surface area contributed by atoms with E-state index in [0.29, 0.717) is 0 Å². The van der Waals surface area contributed by atoms with Gasteiger partial charge in [-0.05, 0) is 6.42 Å². The maximum Gasteiger partial charge on any atom is 0.335 e. The van der Waals surface area contributed by atoms with Gasteiger partial charge in [0.05, 0.1) is 31.5 Å². The number of rotatable bonds is 5. The largest absolute Gasteiger partial charge is 0.478 e. The SMILES string of the molecule is COC(=O)C1=CC[C@H]2C(C(=O)O)=CO[C@@H](O[C@H]3O[C@@H](CO)[C@@H](O)[C@@H](O)[C@H]3O)[C@H]12. The summed E-state index contributed by atoms with van der Waals surface area (Å²) in [5, 5.41) is 48.5. The van der Waals surface area contributed by atoms with Crippen LogP contribution in [0.1, 0.15) is 6.42 Å². The van der Waals surface area contributed by atoms with Crippen LogP contribution in [0.25, 0.3) is 0 Å². The summed E-state index contributed by atoms with van der Waals surface area (Å²) in [5.74, 6) is -3.36. The van der Waals surface area contributed by atoms with E-state index in [4.69, 9.17) is 18.9 Å². The average Bonchev–Trinajstić information content (AvgIpc) is 3.13. The van der Waals surface area contributed by atoms with Gasteiger partial charge in [-0.3, -0.25) is 0 Å². The second-order valence-corrected chi connectivity index (χ2v) is 6.74. The van der Waals surface area contributed by atoms with Crippen LogP contribution in [0, 0.1) is 11.8 Å². The number of carboxylic acid groups (broad SMARTS) is 1. The number of esters is 1. The van der Waals surface area contributed by atoms with E-state index in [0.717, 1.165) is 6.26 Å². The van der Waals surface area contributed by atoms with Crippen molar-refractivity contribution in [1.29, 1.82) is 0 Å². The average molecular weight is 402 g/mol. The van der Waals surface area contributed by atoms with Crippen LogP contribution in [0.3, 0.4) is 0 Å². The second kappa shape index (κ2) is 8.15. The summed E-state index contributed by atoms with van der Waals surface area (Å²) >= 11 is 0. The van der Waals surface area contributed by atoms with E-state index in [-0.39, 0.29) is 17.6 Å². The topological polar surface area (TPSA) is 172 Å². The number of aliphatic hydroxyl groups is 4. The first-order valence-electron chi connectivity index (χ1n) is 8.63. The van der Waals surface area contributed by atoms with Crippen molar-refractivity contribution in [1.82, 2.24) is 0 Å². The fourth-order valence-electron chi connectivity index (χ4n) is 3.70. The number of allylic oxidation sites excluding steroid dienone is 1. The molecule has 1 fully saturated rings. The molecule has 3 rings (SSSR count). The summed E-state index contributed by atoms with van der Waals surface area (Å²) in [5.41, 5.74) is 0.114. The predicted molar refractivity (Wildman–Crippen MR) is 87.1 cm³/mol. The molecule has 2 aliphatic heterocycles. The van der Waals surface area contributed by atoms with Gasteiger partial charge in [0.15, 0.2) is 6.29 Å². The number of carboxylic acids is 1. The van der Waals surface area contributed by atoms with Crippen LogP contribution < -0.4 is 0 Å². The Morgan fingerprint density at radius 1 is 1.14 bits per heavy atom. The molecule has 3 aliphatic rings. The van der Waals surface area contributed by atoms with Crippen LogP contribution in [0.2, 0.25) is 0 Å². The first-order chi connectivity index (χ1) is 13.3. The van der Waals surface area contributed by atoms with Gasteiger partial charge in [-0.2, -0.15) is 0 Å². The summed E-state index contributed by atoms with van der Waals surface area (Å²) in [4.78, 5) is 23.6. The minimum absolute atomic E-state index is 0.0474. The van der Waals surface area contributed by atoms with Gasteiger partial charge >= 0.3 is 11.9 Å². The van der Waals surface area contributed by atoms with E-state index < -0.39 is 67.4 Å². The number of aliphatic carboxylic acids is 1. The molecular weight excluding hydrogens is 380 g/mol. The molecular formula is C17H22O11. The zero-order chi connectivity index (χ0) is 20.6. The molecule has 0 aromatic carbocycles. The summed E-state index contributed by atoms with van der Waals surface area (Å²) in [6.45, 7) is -0.640. The summed E-state index contributed by atoms with van der Waals surface area (Å²) in [6.07, 6.45) is -6.02. The molecule has 0 aromatic rings. The van der Waals surface area contributed by atoms with Crippen molar-refractivity contribution in [3.63, 3.8) is 0 Å². The van der Waals surface area contributed by atoms with E-state index >= 15 is 0 Å². The number of aliphatic hydroxyl groups excluding tert-OH is 4. The Balaban J connectivity index is 1.85. The first-order valence-corrected chi connectivity index (χ1v) is 8.63. The summed E-state index contributed by atoms with van der Waals surface area (Å²) in [6, 6.07) is 0. The van der Waals surface area contributed by atoms with Crippen molar-refractivity contribution in [2.45, 2.75) is 43.4 Å². The molecule has 8 atom stereocenters. The number of carbonyl (C=O) groups is 2. The highest BCUT2D eigenvalue weighted by atomic mass is 16.8. The molecule has 0 aromatic heterocycles. The molecule has 1 aliphatic carbocycles. The van der Waals surface area contributed by atoms with Crippen molar-refractivity contribution in [3.8, 4) is 0 Å². The number of methoxy groups -OCH3 is 1. The monoisotopic (exact) mass is 402 g/mol. The third-order valence-corrected chi connectivity index (χ3v) is 5.19. The number of hydrogen-bond donors (Lipinski definition) is 5. The normalized spacial score (nSPS) is 40.0. The lowest BCUT2D eigenvalue weighted by Gasteiger charge is -2.42. The number of fused-ring (bicyclic) bond motifs is 1. The van der Waals surface area contributed by atoms with Gasteiger partial charge in [-0.15, -0.1) is 0 Å². The number of hydrogen-bond acceptors (Lipinski definition) is 10. The van der Waals surface area contributed by atoms with Gasteiger partial charge in [0.1, 0.15) is 24.4 Å². The highest BCUT2D eigenvalue weighted by molar-refractivity contribution is 5.92. The Kier molecular flexibility index (Phi) is 6.03. The van der Waals surface area contributed by atoms with Gasteiger partial charge in [-0.25, -0.2) is 9.59 Å². The van der Waals surface area contributed by atoms with Crippen molar-refractivity contribution in [2.24, 2.45) is 11.8 Å². The Labute approximate surface area is 159 Å². The Morgan fingerprint density at radius 2 is 1.86 bits per heavy atom. The van der Waals surface area contributed by atoms with Gasteiger partial charge in [0, 0.05) is 11.5 Å². The fourth-order valence-corrected chi connectivity index (χ4v) is 3.70. The van der Waals surface area contributed by atoms with Gasteiger partial charge in [0.2, 0.25) is 6.29 Å². The zero-order valence-corrected chi connectivity index (χ0v) is 14.9. The minimum Gasteiger partial charge on any atom is -0.478 e. The minimum atomic E-state index is -1.67. The van der Waals surface area contributed by atoms with E-state index in [1.165, 1.54) is 13.2 Å². The first kappa shape index (κ1) is 20.7. The highest BCUT2D eigenvalue weighted by Gasteiger charge is 2.51. The van der Waals surface area contributed by atoms with Crippen LogP contribution >= 0.6 is 0 Å². The maximum absolute atomic E-state index is 12.1. The molecule has 156 valence electrons. The molecule has 11 nitrogen and oxygen atoms in total. The highest BCUT2D eigenvalue weighted by Crippen LogP contribution is 2.44. The lowest BCUT2D eigenvalue weighted by Crippen LogP contribution is -2.60. The van der Waals surface area contributed by atoms with Crippen LogP contribution in [-0.2, 0) is 28.5 Å². The van der Waals surface area contributed by atoms with Crippen molar-refractivity contribution >= 4 is 11.9 Å². The summed E-state index contributed by atoms with van der Waals surface area (Å²) < 4.78 is 21.0. The van der Waals surface area contributed by atoms with Crippen molar-refractivity contribution < 1.29 is 54.1 Å². The predicted octanol–water partition coefficient (Wildman–Crippen LogP) is -2.14. The van der Waals surface area contributed by atoms with Crippen LogP contribution in [0.5, 0.6) is 0 Å². The summed E-state index contributed by atoms with van der Waals surface area (Å²) in [7, 11) is 1.18. The van der Waals surface area contributed by atoms with Gasteiger partial charge in [-0.1, -0.05) is 6.08 Å². The molecule has 28 heavy (non-hydrogen) atoms. The van der Waals surface area contributed by atoms with E-state index in [2.05, 4.69) is 0 Å². The van der Waals surface area contributed by atoms with Gasteiger partial charge in [0.25, 0.3) is 0 Å². The smallest absolute Gasteiger partial charge is 0.335 e.